The second-order valence-corrected chi connectivity index (χ2v) is 13.3. The Morgan fingerprint density at radius 1 is 1.00 bits per heavy atom. The molecule has 6 amide bonds. The van der Waals surface area contributed by atoms with Crippen LogP contribution in [0.2, 0.25) is 0 Å². The smallest absolute Gasteiger partial charge is 0.328 e. The molecule has 3 saturated heterocycles. The molecule has 3 fully saturated rings. The first-order valence-corrected chi connectivity index (χ1v) is 17.3. The standard InChI is InChI=1S/C36H48N6O9/c1-22-18-29-36(50)51-21-27(39-32(46)26(19-25-12-7-5-8-13-25)38-30(44)15-9-6-10-17-43)34(48)41-16-11-14-28(41)35(49)40(4)24(3)31(45)37-23(2)33(47)42(29)20-22/h5-10,12-13,15,22-24,26-29,43H,11,14,16-21H2,1-4H3,(H,37,45)(H,38,44)(H,39,46)/b10-6+,15-9+/t22-,23+,24+,26+,27?,28+,29+/m1/s1. The molecule has 51 heavy (non-hydrogen) atoms. The maximum absolute atomic E-state index is 14.2. The molecule has 0 aromatic heterocycles. The van der Waals surface area contributed by atoms with Gasteiger partial charge in [-0.25, -0.2) is 4.79 Å². The number of allylic oxidation sites excluding steroid dienone is 2. The quantitative estimate of drug-likeness (QED) is 0.156. The first kappa shape index (κ1) is 38.7. The molecule has 3 aliphatic heterocycles. The summed E-state index contributed by atoms with van der Waals surface area (Å²) in [6, 6.07) is 2.39. The van der Waals surface area contributed by atoms with Crippen molar-refractivity contribution in [1.82, 2.24) is 30.7 Å². The third-order valence-electron chi connectivity index (χ3n) is 9.45. The van der Waals surface area contributed by atoms with E-state index in [1.807, 2.05) is 6.92 Å². The topological polar surface area (TPSA) is 195 Å². The highest BCUT2D eigenvalue weighted by Gasteiger charge is 2.44. The number of nitrogens with one attached hydrogen (secondary N) is 3. The molecule has 0 saturated carbocycles. The molecule has 0 bridgehead atoms. The predicted octanol–water partition coefficient (Wildman–Crippen LogP) is -0.560. The molecule has 3 heterocycles. The number of esters is 1. The van der Waals surface area contributed by atoms with Crippen molar-refractivity contribution >= 4 is 41.4 Å². The molecule has 3 aliphatic rings. The molecule has 4 N–H and O–H groups in total. The second kappa shape index (κ2) is 17.7. The van der Waals surface area contributed by atoms with Gasteiger partial charge >= 0.3 is 5.97 Å². The van der Waals surface area contributed by atoms with E-state index in [1.54, 1.807) is 30.3 Å². The normalized spacial score (nSPS) is 27.3. The zero-order valence-corrected chi connectivity index (χ0v) is 29.4. The fraction of sp³-hybridized carbons (Fsp3) is 0.528. The van der Waals surface area contributed by atoms with Gasteiger partial charge in [0.1, 0.15) is 42.9 Å². The lowest BCUT2D eigenvalue weighted by atomic mass is 10.0. The predicted molar refractivity (Wildman–Crippen MR) is 184 cm³/mol. The van der Waals surface area contributed by atoms with E-state index < -0.39 is 84.3 Å². The highest BCUT2D eigenvalue weighted by atomic mass is 16.5. The Morgan fingerprint density at radius 3 is 2.43 bits per heavy atom. The number of cyclic esters (lactones) is 1. The molecule has 15 nitrogen and oxygen atoms in total. The minimum Gasteiger partial charge on any atom is -0.461 e. The summed E-state index contributed by atoms with van der Waals surface area (Å²) in [4.78, 5) is 98.8. The van der Waals surface area contributed by atoms with Gasteiger partial charge in [0.05, 0.1) is 6.61 Å². The van der Waals surface area contributed by atoms with Crippen molar-refractivity contribution in [3.63, 3.8) is 0 Å². The van der Waals surface area contributed by atoms with E-state index in [4.69, 9.17) is 9.84 Å². The lowest BCUT2D eigenvalue weighted by Crippen LogP contribution is -2.60. The van der Waals surface area contributed by atoms with Crippen LogP contribution in [-0.4, -0.2) is 131 Å². The maximum Gasteiger partial charge on any atom is 0.328 e. The second-order valence-electron chi connectivity index (χ2n) is 13.3. The van der Waals surface area contributed by atoms with Gasteiger partial charge in [-0.15, -0.1) is 0 Å². The van der Waals surface area contributed by atoms with Crippen molar-refractivity contribution in [2.45, 2.75) is 82.7 Å². The number of hydrogen-bond donors (Lipinski definition) is 4. The van der Waals surface area contributed by atoms with E-state index in [1.165, 1.54) is 59.9 Å². The van der Waals surface area contributed by atoms with Crippen molar-refractivity contribution < 1.29 is 43.4 Å². The number of carbonyl (C=O) groups is 7. The van der Waals surface area contributed by atoms with Crippen LogP contribution in [0.5, 0.6) is 0 Å². The summed E-state index contributed by atoms with van der Waals surface area (Å²) in [7, 11) is 1.45. The van der Waals surface area contributed by atoms with Crippen LogP contribution in [0.1, 0.15) is 45.6 Å². The van der Waals surface area contributed by atoms with E-state index in [0.29, 0.717) is 19.3 Å². The number of amides is 6. The number of hydrogen-bond acceptors (Lipinski definition) is 9. The van der Waals surface area contributed by atoms with Gasteiger partial charge in [-0.2, -0.15) is 0 Å². The molecule has 1 unspecified atom stereocenters. The van der Waals surface area contributed by atoms with Gasteiger partial charge in [0.25, 0.3) is 0 Å². The van der Waals surface area contributed by atoms with Crippen LogP contribution in [0.3, 0.4) is 0 Å². The highest BCUT2D eigenvalue weighted by molar-refractivity contribution is 5.98. The van der Waals surface area contributed by atoms with Crippen LogP contribution < -0.4 is 16.0 Å². The average molecular weight is 709 g/mol. The zero-order chi connectivity index (χ0) is 37.2. The van der Waals surface area contributed by atoms with Crippen molar-refractivity contribution in [2.24, 2.45) is 5.92 Å². The van der Waals surface area contributed by atoms with Crippen LogP contribution in [0, 0.1) is 5.92 Å². The third kappa shape index (κ3) is 9.81. The summed E-state index contributed by atoms with van der Waals surface area (Å²) >= 11 is 0. The third-order valence-corrected chi connectivity index (χ3v) is 9.45. The Morgan fingerprint density at radius 2 is 1.73 bits per heavy atom. The Kier molecular flexibility index (Phi) is 13.5. The van der Waals surface area contributed by atoms with Crippen molar-refractivity contribution in [3.8, 4) is 0 Å². The van der Waals surface area contributed by atoms with Gasteiger partial charge in [0.2, 0.25) is 35.4 Å². The van der Waals surface area contributed by atoms with Crippen LogP contribution in [-0.2, 0) is 44.7 Å². The molecular weight excluding hydrogens is 660 g/mol. The fourth-order valence-electron chi connectivity index (χ4n) is 6.52. The zero-order valence-electron chi connectivity index (χ0n) is 29.4. The minimum atomic E-state index is -1.45. The summed E-state index contributed by atoms with van der Waals surface area (Å²) < 4.78 is 5.66. The van der Waals surface area contributed by atoms with Crippen LogP contribution in [0.4, 0.5) is 0 Å². The number of benzene rings is 1. The number of ether oxygens (including phenoxy) is 1. The number of nitrogens with zero attached hydrogens (tertiary/aromatic N) is 3. The summed E-state index contributed by atoms with van der Waals surface area (Å²) in [6.45, 7) is 4.53. The van der Waals surface area contributed by atoms with Crippen LogP contribution >= 0.6 is 0 Å². The largest absolute Gasteiger partial charge is 0.461 e. The number of aliphatic hydroxyl groups excluding tert-OH is 1. The Labute approximate surface area is 297 Å². The molecule has 0 radical (unpaired) electrons. The van der Waals surface area contributed by atoms with Crippen LogP contribution in [0.15, 0.2) is 54.6 Å². The van der Waals surface area contributed by atoms with Gasteiger partial charge in [0.15, 0.2) is 0 Å². The van der Waals surface area contributed by atoms with Gasteiger partial charge in [-0.3, -0.25) is 28.8 Å². The number of carbonyl (C=O) groups excluding carboxylic acids is 7. The Balaban J connectivity index is 1.66. The van der Waals surface area contributed by atoms with Crippen molar-refractivity contribution in [1.29, 1.82) is 0 Å². The van der Waals surface area contributed by atoms with E-state index in [2.05, 4.69) is 16.0 Å². The highest BCUT2D eigenvalue weighted by Crippen LogP contribution is 2.26. The Hall–Kier alpha value is -5.05. The first-order chi connectivity index (χ1) is 24.3. The summed E-state index contributed by atoms with van der Waals surface area (Å²) in [5, 5.41) is 16.9. The monoisotopic (exact) mass is 708 g/mol. The molecule has 276 valence electrons. The van der Waals surface area contributed by atoms with Gasteiger partial charge in [0, 0.05) is 32.6 Å². The SMILES string of the molecule is C[C@@H]1C[C@H]2C(=O)OCC(NC(=O)[C@H](Cc3ccccc3)NC(=O)/C=C/C=C/CO)C(=O)N3CCC[C@H]3C(=O)N(C)[C@@H](C)C(=O)N[C@@H](C)C(=O)N2C1. The number of fused-ring (bicyclic) bond motifs is 2. The number of rotatable bonds is 8. The minimum absolute atomic E-state index is 0.0582. The summed E-state index contributed by atoms with van der Waals surface area (Å²) in [5.74, 6) is -4.42. The van der Waals surface area contributed by atoms with Gasteiger partial charge < -0.3 is 40.5 Å². The fourth-order valence-corrected chi connectivity index (χ4v) is 6.52. The molecule has 0 aliphatic carbocycles. The lowest BCUT2D eigenvalue weighted by Gasteiger charge is -2.34. The molecule has 15 heteroatoms. The molecule has 1 aromatic carbocycles. The Bertz CT molecular complexity index is 1530. The van der Waals surface area contributed by atoms with E-state index >= 15 is 0 Å². The maximum atomic E-state index is 14.2. The van der Waals surface area contributed by atoms with Crippen molar-refractivity contribution in [2.75, 3.05) is 33.4 Å². The summed E-state index contributed by atoms with van der Waals surface area (Å²) in [6.07, 6.45) is 6.61. The molecule has 0 spiro atoms. The molecule has 4 rings (SSSR count). The van der Waals surface area contributed by atoms with Crippen LogP contribution in [0.25, 0.3) is 0 Å². The van der Waals surface area contributed by atoms with E-state index in [-0.39, 0.29) is 32.0 Å². The number of likely N-dealkylation sites (N-methyl/N-ethyl adjacent to an activating group) is 1. The summed E-state index contributed by atoms with van der Waals surface area (Å²) in [5.41, 5.74) is 0.721. The lowest BCUT2D eigenvalue weighted by molar-refractivity contribution is -0.158. The molecule has 7 atom stereocenters. The van der Waals surface area contributed by atoms with Crippen molar-refractivity contribution in [3.05, 3.63) is 60.2 Å². The van der Waals surface area contributed by atoms with E-state index in [0.717, 1.165) is 5.56 Å². The van der Waals surface area contributed by atoms with E-state index in [9.17, 15) is 33.6 Å². The van der Waals surface area contributed by atoms with Gasteiger partial charge in [-0.1, -0.05) is 55.5 Å². The average Bonchev–Trinajstić information content (AvgIpc) is 3.77. The molecule has 1 aromatic rings. The first-order valence-electron chi connectivity index (χ1n) is 17.3. The molecular formula is C36H48N6O9. The number of aliphatic hydroxyl groups is 1. The van der Waals surface area contributed by atoms with Gasteiger partial charge in [-0.05, 0) is 44.6 Å².